The monoisotopic (exact) mass is 1150 g/mol. The maximum absolute atomic E-state index is 15.6. The predicted molar refractivity (Wildman–Crippen MR) is 336 cm³/mol. The lowest BCUT2D eigenvalue weighted by Gasteiger charge is -2.37. The summed E-state index contributed by atoms with van der Waals surface area (Å²) >= 11 is 0. The number of hydrogen-bond donors (Lipinski definition) is 1. The molecule has 1 aliphatic carbocycles. The Bertz CT molecular complexity index is 4130. The SMILES string of the molecule is CCCCCC1CCC(c2ccc(-c3ccc(C(=O)Nc4ccc(-c5ccc6c7c(c8c(=O)oc(C(c9ccccc9)c9ccccc9)cc8c6c5)C=CC(c5ccc(OC)cc5)(c5ccc(OC)cc5OC)O7)c(C(F)(F)F)c4)cc3)cc2)CC1. The Morgan fingerprint density at radius 2 is 1.30 bits per heavy atom. The topological polar surface area (TPSA) is 96.2 Å². The van der Waals surface area contributed by atoms with Crippen molar-refractivity contribution < 1.29 is 41.3 Å². The van der Waals surface area contributed by atoms with Crippen LogP contribution >= 0.6 is 0 Å². The van der Waals surface area contributed by atoms with E-state index in [9.17, 15) is 4.79 Å². The van der Waals surface area contributed by atoms with Gasteiger partial charge in [-0.3, -0.25) is 4.79 Å². The number of benzene rings is 9. The van der Waals surface area contributed by atoms with Gasteiger partial charge in [-0.05, 0) is 161 Å². The zero-order valence-corrected chi connectivity index (χ0v) is 48.5. The molecule has 2 heterocycles. The molecule has 2 aliphatic rings. The van der Waals surface area contributed by atoms with Crippen molar-refractivity contribution in [3.8, 4) is 45.3 Å². The molecule has 1 amide bonds. The van der Waals surface area contributed by atoms with Gasteiger partial charge in [-0.2, -0.15) is 13.2 Å². The van der Waals surface area contributed by atoms with Crippen molar-refractivity contribution in [1.29, 1.82) is 0 Å². The Morgan fingerprint density at radius 1 is 0.651 bits per heavy atom. The van der Waals surface area contributed by atoms with Crippen LogP contribution in [0.3, 0.4) is 0 Å². The van der Waals surface area contributed by atoms with Crippen LogP contribution in [0.2, 0.25) is 0 Å². The highest BCUT2D eigenvalue weighted by Crippen LogP contribution is 2.52. The average molecular weight is 1150 g/mol. The third-order valence-corrected chi connectivity index (χ3v) is 17.5. The molecule has 10 aromatic rings. The standard InChI is InChI=1S/C75H66F3NO7/c1-5-6-9-14-47-19-21-48(22-20-47)49-23-25-50(26-24-49)51-27-29-54(30-28-51)72(80)79-57-34-39-60(66(44-57)75(76,77)78)55-31-38-61-63(43-55)64-46-68(69(52-15-10-7-11-16-52)53-17-12-8-13-18-53)85-73(81)70(64)62-41-42-74(86-71(61)62,56-32-35-58(82-2)36-33-56)65-40-37-59(83-3)45-67(65)84-4/h7-8,10-13,15-18,23-48,69H,5-6,9,14,19-22H2,1-4H3,(H,79,80). The van der Waals surface area contributed by atoms with Gasteiger partial charge in [0.15, 0.2) is 5.60 Å². The highest BCUT2D eigenvalue weighted by atomic mass is 19.4. The van der Waals surface area contributed by atoms with Crippen LogP contribution in [0.5, 0.6) is 23.0 Å². The van der Waals surface area contributed by atoms with Crippen molar-refractivity contribution in [3.05, 3.63) is 261 Å². The van der Waals surface area contributed by atoms with E-state index >= 15 is 18.0 Å². The Balaban J connectivity index is 0.925. The summed E-state index contributed by atoms with van der Waals surface area (Å²) in [7, 11) is 4.70. The number of fused-ring (bicyclic) bond motifs is 6. The van der Waals surface area contributed by atoms with Crippen LogP contribution in [0.25, 0.3) is 49.9 Å². The summed E-state index contributed by atoms with van der Waals surface area (Å²) in [6.45, 7) is 2.26. The van der Waals surface area contributed by atoms with Crippen molar-refractivity contribution >= 4 is 39.2 Å². The van der Waals surface area contributed by atoms with Gasteiger partial charge >= 0.3 is 11.8 Å². The van der Waals surface area contributed by atoms with Crippen LogP contribution in [-0.4, -0.2) is 27.2 Å². The van der Waals surface area contributed by atoms with E-state index in [4.69, 9.17) is 23.4 Å². The molecular formula is C75H66F3NO7. The molecule has 1 aliphatic heterocycles. The second kappa shape index (κ2) is 24.3. The fourth-order valence-electron chi connectivity index (χ4n) is 12.9. The number of amides is 1. The van der Waals surface area contributed by atoms with Gasteiger partial charge in [0.25, 0.3) is 5.91 Å². The molecule has 434 valence electrons. The molecule has 11 heteroatoms. The number of halogens is 3. The summed E-state index contributed by atoms with van der Waals surface area (Å²) in [4.78, 5) is 28.9. The lowest BCUT2D eigenvalue weighted by Crippen LogP contribution is -2.35. The van der Waals surface area contributed by atoms with E-state index in [-0.39, 0.29) is 22.2 Å². The molecule has 12 rings (SSSR count). The molecule has 86 heavy (non-hydrogen) atoms. The van der Waals surface area contributed by atoms with Gasteiger partial charge in [0.05, 0.1) is 38.2 Å². The van der Waals surface area contributed by atoms with Crippen molar-refractivity contribution in [2.45, 2.75) is 81.9 Å². The quantitative estimate of drug-likeness (QED) is 0.0717. The molecule has 0 bridgehead atoms. The number of hydrogen-bond acceptors (Lipinski definition) is 7. The second-order valence-electron chi connectivity index (χ2n) is 22.6. The number of unbranched alkanes of at least 4 members (excludes halogenated alkanes) is 2. The zero-order chi connectivity index (χ0) is 59.5. The third-order valence-electron chi connectivity index (χ3n) is 17.5. The Labute approximate surface area is 498 Å². The molecule has 0 radical (unpaired) electrons. The Hall–Kier alpha value is -9.35. The van der Waals surface area contributed by atoms with Gasteiger partial charge in [0.1, 0.15) is 28.8 Å². The third kappa shape index (κ3) is 11.3. The van der Waals surface area contributed by atoms with Crippen molar-refractivity contribution in [2.24, 2.45) is 5.92 Å². The first-order valence-corrected chi connectivity index (χ1v) is 29.5. The lowest BCUT2D eigenvalue weighted by molar-refractivity contribution is -0.137. The van der Waals surface area contributed by atoms with Crippen LogP contribution < -0.4 is 29.9 Å². The average Bonchev–Trinajstić information content (AvgIpc) is 0.931. The smallest absolute Gasteiger partial charge is 0.417 e. The fourth-order valence-corrected chi connectivity index (χ4v) is 12.9. The fraction of sp³-hybridized carbons (Fsp3) is 0.227. The van der Waals surface area contributed by atoms with E-state index in [2.05, 4.69) is 36.5 Å². The molecular weight excluding hydrogens is 1080 g/mol. The number of rotatable bonds is 17. The highest BCUT2D eigenvalue weighted by Gasteiger charge is 2.42. The van der Waals surface area contributed by atoms with E-state index < -0.39 is 34.8 Å². The zero-order valence-electron chi connectivity index (χ0n) is 48.5. The molecule has 1 aromatic heterocycles. The van der Waals surface area contributed by atoms with Crippen LogP contribution in [-0.2, 0) is 11.8 Å². The first-order valence-electron chi connectivity index (χ1n) is 29.5. The van der Waals surface area contributed by atoms with E-state index in [1.165, 1.54) is 69.1 Å². The van der Waals surface area contributed by atoms with Crippen LogP contribution in [0.1, 0.15) is 125 Å². The molecule has 9 aromatic carbocycles. The molecule has 1 unspecified atom stereocenters. The number of ether oxygens (including phenoxy) is 4. The first kappa shape index (κ1) is 57.1. The van der Waals surface area contributed by atoms with E-state index in [1.54, 1.807) is 63.8 Å². The minimum Gasteiger partial charge on any atom is -0.497 e. The number of carbonyl (C=O) groups excluding carboxylic acids is 1. The van der Waals surface area contributed by atoms with Gasteiger partial charge in [-0.1, -0.05) is 154 Å². The molecule has 1 atom stereocenters. The molecule has 1 fully saturated rings. The maximum Gasteiger partial charge on any atom is 0.417 e. The summed E-state index contributed by atoms with van der Waals surface area (Å²) in [5.41, 5.74) is 4.08. The number of alkyl halides is 3. The summed E-state index contributed by atoms with van der Waals surface area (Å²) in [6.07, 6.45) is 9.10. The normalized spacial score (nSPS) is 16.6. The lowest BCUT2D eigenvalue weighted by atomic mass is 9.77. The van der Waals surface area contributed by atoms with Gasteiger partial charge in [0.2, 0.25) is 0 Å². The Kier molecular flexibility index (Phi) is 16.1. The van der Waals surface area contributed by atoms with Crippen molar-refractivity contribution in [3.63, 3.8) is 0 Å². The second-order valence-corrected chi connectivity index (χ2v) is 22.6. The van der Waals surface area contributed by atoms with Gasteiger partial charge in [-0.25, -0.2) is 4.79 Å². The minimum atomic E-state index is -4.86. The first-order chi connectivity index (χ1) is 41.9. The Morgan fingerprint density at radius 3 is 1.94 bits per heavy atom. The van der Waals surface area contributed by atoms with Crippen LogP contribution in [0, 0.1) is 5.92 Å². The van der Waals surface area contributed by atoms with Crippen LogP contribution in [0.15, 0.2) is 209 Å². The summed E-state index contributed by atoms with van der Waals surface area (Å²) in [6, 6.07) is 58.7. The van der Waals surface area contributed by atoms with Gasteiger partial charge in [0, 0.05) is 44.8 Å². The molecule has 8 nitrogen and oxygen atoms in total. The predicted octanol–water partition coefficient (Wildman–Crippen LogP) is 19.0. The van der Waals surface area contributed by atoms with Crippen LogP contribution in [0.4, 0.5) is 18.9 Å². The van der Waals surface area contributed by atoms with E-state index in [0.717, 1.165) is 34.2 Å². The maximum atomic E-state index is 15.6. The molecule has 1 N–H and O–H groups in total. The summed E-state index contributed by atoms with van der Waals surface area (Å²) in [5.74, 6) is 2.57. The highest BCUT2D eigenvalue weighted by molar-refractivity contribution is 6.15. The van der Waals surface area contributed by atoms with E-state index in [1.807, 2.05) is 121 Å². The van der Waals surface area contributed by atoms with Gasteiger partial charge < -0.3 is 28.7 Å². The summed E-state index contributed by atoms with van der Waals surface area (Å²) < 4.78 is 77.9. The van der Waals surface area contributed by atoms with Crippen molar-refractivity contribution in [2.75, 3.05) is 26.6 Å². The van der Waals surface area contributed by atoms with Gasteiger partial charge in [-0.15, -0.1) is 0 Å². The number of anilines is 1. The molecule has 0 spiro atoms. The molecule has 0 saturated heterocycles. The van der Waals surface area contributed by atoms with E-state index in [0.29, 0.717) is 73.1 Å². The number of methoxy groups -OCH3 is 3. The summed E-state index contributed by atoms with van der Waals surface area (Å²) in [5, 5.41) is 4.31. The minimum absolute atomic E-state index is 0.0276. The van der Waals surface area contributed by atoms with Crippen molar-refractivity contribution in [1.82, 2.24) is 0 Å². The molecule has 1 saturated carbocycles. The number of nitrogens with one attached hydrogen (secondary N) is 1. The largest absolute Gasteiger partial charge is 0.497 e. The number of carbonyl (C=O) groups is 1.